The summed E-state index contributed by atoms with van der Waals surface area (Å²) in [7, 11) is 0. The van der Waals surface area contributed by atoms with Gasteiger partial charge < -0.3 is 10.3 Å². The molecule has 0 aliphatic rings. The summed E-state index contributed by atoms with van der Waals surface area (Å²) in [5, 5.41) is 0. The minimum Gasteiger partial charge on any atom is -0.369 e. The maximum absolute atomic E-state index is 13.2. The van der Waals surface area contributed by atoms with Crippen molar-refractivity contribution in [3.63, 3.8) is 0 Å². The third-order valence-electron chi connectivity index (χ3n) is 2.05. The third-order valence-corrected chi connectivity index (χ3v) is 2.05. The smallest absolute Gasteiger partial charge is 0.200 e. The zero-order valence-corrected chi connectivity index (χ0v) is 7.52. The fourth-order valence-corrected chi connectivity index (χ4v) is 1.28. The van der Waals surface area contributed by atoms with Gasteiger partial charge in [0.1, 0.15) is 5.82 Å². The molecule has 0 aliphatic heterocycles. The number of aromatic nitrogens is 2. The number of rotatable bonds is 2. The minimum absolute atomic E-state index is 0.222. The van der Waals surface area contributed by atoms with Gasteiger partial charge in [0.05, 0.1) is 6.54 Å². The molecule has 3 nitrogen and oxygen atoms in total. The van der Waals surface area contributed by atoms with Gasteiger partial charge in [-0.2, -0.15) is 0 Å². The lowest BCUT2D eigenvalue weighted by Crippen LogP contribution is -2.04. The van der Waals surface area contributed by atoms with Gasteiger partial charge in [-0.05, 0) is 6.07 Å². The zero-order chi connectivity index (χ0) is 9.97. The fourth-order valence-electron chi connectivity index (χ4n) is 1.28. The van der Waals surface area contributed by atoms with Crippen molar-refractivity contribution in [2.24, 2.45) is 0 Å². The number of anilines is 1. The van der Waals surface area contributed by atoms with Crippen LogP contribution in [0.15, 0.2) is 36.7 Å². The standard InChI is InChI=1S/C10H10FN3/c11-9-4-2-1-3-8(9)7-14-6-5-13-10(14)12/h1-6H,7H2,(H2,12,13). The molecule has 0 amide bonds. The second kappa shape index (κ2) is 3.49. The lowest BCUT2D eigenvalue weighted by Gasteiger charge is -2.05. The van der Waals surface area contributed by atoms with E-state index in [4.69, 9.17) is 5.73 Å². The largest absolute Gasteiger partial charge is 0.369 e. The van der Waals surface area contributed by atoms with Crippen molar-refractivity contribution in [1.29, 1.82) is 0 Å². The highest BCUT2D eigenvalue weighted by atomic mass is 19.1. The Labute approximate surface area is 81.0 Å². The van der Waals surface area contributed by atoms with Crippen LogP contribution in [0.4, 0.5) is 10.3 Å². The molecule has 72 valence electrons. The molecule has 0 saturated carbocycles. The van der Waals surface area contributed by atoms with E-state index in [2.05, 4.69) is 4.98 Å². The van der Waals surface area contributed by atoms with Crippen LogP contribution >= 0.6 is 0 Å². The molecule has 1 aromatic heterocycles. The first-order valence-electron chi connectivity index (χ1n) is 4.27. The van der Waals surface area contributed by atoms with E-state index in [1.165, 1.54) is 6.07 Å². The van der Waals surface area contributed by atoms with E-state index in [1.54, 1.807) is 35.2 Å². The van der Waals surface area contributed by atoms with Crippen LogP contribution in [0.3, 0.4) is 0 Å². The highest BCUT2D eigenvalue weighted by molar-refractivity contribution is 5.23. The number of hydrogen-bond acceptors (Lipinski definition) is 2. The third kappa shape index (κ3) is 1.59. The molecule has 0 radical (unpaired) electrons. The molecule has 0 saturated heterocycles. The van der Waals surface area contributed by atoms with Crippen LogP contribution in [0.25, 0.3) is 0 Å². The van der Waals surface area contributed by atoms with E-state index in [0.717, 1.165) is 0 Å². The van der Waals surface area contributed by atoms with Gasteiger partial charge in [0, 0.05) is 18.0 Å². The summed E-state index contributed by atoms with van der Waals surface area (Å²) in [4.78, 5) is 3.86. The number of imidazole rings is 1. The second-order valence-electron chi connectivity index (χ2n) is 3.00. The average molecular weight is 191 g/mol. The Hall–Kier alpha value is -1.84. The molecular formula is C10H10FN3. The van der Waals surface area contributed by atoms with Gasteiger partial charge in [0.15, 0.2) is 5.95 Å². The van der Waals surface area contributed by atoms with Crippen molar-refractivity contribution in [2.45, 2.75) is 6.54 Å². The van der Waals surface area contributed by atoms with Gasteiger partial charge in [0.2, 0.25) is 0 Å². The van der Waals surface area contributed by atoms with E-state index in [9.17, 15) is 4.39 Å². The Morgan fingerprint density at radius 3 is 2.79 bits per heavy atom. The van der Waals surface area contributed by atoms with E-state index in [0.29, 0.717) is 18.1 Å². The zero-order valence-electron chi connectivity index (χ0n) is 7.52. The Balaban J connectivity index is 2.28. The van der Waals surface area contributed by atoms with Crippen LogP contribution in [0.5, 0.6) is 0 Å². The lowest BCUT2D eigenvalue weighted by molar-refractivity contribution is 0.600. The van der Waals surface area contributed by atoms with Crippen molar-refractivity contribution in [3.8, 4) is 0 Å². The average Bonchev–Trinajstić information content (AvgIpc) is 2.56. The molecule has 2 rings (SSSR count). The number of benzene rings is 1. The molecule has 0 spiro atoms. The predicted molar refractivity (Wildman–Crippen MR) is 52.1 cm³/mol. The van der Waals surface area contributed by atoms with Crippen molar-refractivity contribution >= 4 is 5.95 Å². The van der Waals surface area contributed by atoms with Crippen LogP contribution in [0.2, 0.25) is 0 Å². The highest BCUT2D eigenvalue weighted by Crippen LogP contribution is 2.10. The maximum atomic E-state index is 13.2. The van der Waals surface area contributed by atoms with Crippen molar-refractivity contribution in [1.82, 2.24) is 9.55 Å². The Morgan fingerprint density at radius 1 is 1.36 bits per heavy atom. The highest BCUT2D eigenvalue weighted by Gasteiger charge is 2.03. The topological polar surface area (TPSA) is 43.8 Å². The predicted octanol–water partition coefficient (Wildman–Crippen LogP) is 1.65. The summed E-state index contributed by atoms with van der Waals surface area (Å²) in [6, 6.07) is 6.62. The normalized spacial score (nSPS) is 10.4. The molecular weight excluding hydrogens is 181 g/mol. The van der Waals surface area contributed by atoms with Gasteiger partial charge in [-0.1, -0.05) is 18.2 Å². The van der Waals surface area contributed by atoms with Gasteiger partial charge in [-0.25, -0.2) is 9.37 Å². The number of nitrogen functional groups attached to an aromatic ring is 1. The minimum atomic E-state index is -0.222. The number of hydrogen-bond donors (Lipinski definition) is 1. The monoisotopic (exact) mass is 191 g/mol. The van der Waals surface area contributed by atoms with Crippen LogP contribution in [0.1, 0.15) is 5.56 Å². The first-order chi connectivity index (χ1) is 6.77. The van der Waals surface area contributed by atoms with E-state index in [1.807, 2.05) is 0 Å². The summed E-state index contributed by atoms with van der Waals surface area (Å²) >= 11 is 0. The quantitative estimate of drug-likeness (QED) is 0.784. The Morgan fingerprint density at radius 2 is 2.14 bits per heavy atom. The van der Waals surface area contributed by atoms with Gasteiger partial charge >= 0.3 is 0 Å². The van der Waals surface area contributed by atoms with E-state index in [-0.39, 0.29) is 5.82 Å². The Kier molecular flexibility index (Phi) is 2.18. The molecule has 2 N–H and O–H groups in total. The number of nitrogens with two attached hydrogens (primary N) is 1. The summed E-state index contributed by atoms with van der Waals surface area (Å²) < 4.78 is 14.9. The van der Waals surface area contributed by atoms with Crippen LogP contribution in [-0.4, -0.2) is 9.55 Å². The van der Waals surface area contributed by atoms with Crippen molar-refractivity contribution in [3.05, 3.63) is 48.0 Å². The van der Waals surface area contributed by atoms with Crippen LogP contribution < -0.4 is 5.73 Å². The molecule has 0 unspecified atom stereocenters. The number of nitrogens with zero attached hydrogens (tertiary/aromatic N) is 2. The van der Waals surface area contributed by atoms with Crippen LogP contribution in [0, 0.1) is 5.82 Å². The summed E-state index contributed by atoms with van der Waals surface area (Å²) in [5.74, 6) is 0.175. The maximum Gasteiger partial charge on any atom is 0.200 e. The first kappa shape index (κ1) is 8.74. The molecule has 1 aromatic carbocycles. The Bertz CT molecular complexity index is 436. The summed E-state index contributed by atoms with van der Waals surface area (Å²) in [5.41, 5.74) is 6.18. The van der Waals surface area contributed by atoms with E-state index >= 15 is 0 Å². The summed E-state index contributed by atoms with van der Waals surface area (Å²) in [6.45, 7) is 0.415. The van der Waals surface area contributed by atoms with E-state index < -0.39 is 0 Å². The van der Waals surface area contributed by atoms with Crippen molar-refractivity contribution < 1.29 is 4.39 Å². The molecule has 0 aliphatic carbocycles. The second-order valence-corrected chi connectivity index (χ2v) is 3.00. The molecule has 2 aromatic rings. The first-order valence-corrected chi connectivity index (χ1v) is 4.27. The van der Waals surface area contributed by atoms with Gasteiger partial charge in [-0.3, -0.25) is 0 Å². The molecule has 0 atom stereocenters. The summed E-state index contributed by atoms with van der Waals surface area (Å²) in [6.07, 6.45) is 3.32. The molecule has 0 fully saturated rings. The fraction of sp³-hybridized carbons (Fsp3) is 0.100. The van der Waals surface area contributed by atoms with Crippen LogP contribution in [-0.2, 0) is 6.54 Å². The molecule has 14 heavy (non-hydrogen) atoms. The molecule has 0 bridgehead atoms. The SMILES string of the molecule is Nc1nccn1Cc1ccccc1F. The van der Waals surface area contributed by atoms with Gasteiger partial charge in [0.25, 0.3) is 0 Å². The number of halogens is 1. The molecule has 1 heterocycles. The van der Waals surface area contributed by atoms with Crippen molar-refractivity contribution in [2.75, 3.05) is 5.73 Å². The lowest BCUT2D eigenvalue weighted by atomic mass is 10.2. The molecule has 4 heteroatoms. The van der Waals surface area contributed by atoms with Gasteiger partial charge in [-0.15, -0.1) is 0 Å².